The number of carbonyl (C=O) groups is 1. The fourth-order valence-electron chi connectivity index (χ4n) is 1.69. The highest BCUT2D eigenvalue weighted by molar-refractivity contribution is 7.92. The van der Waals surface area contributed by atoms with Gasteiger partial charge in [0, 0.05) is 12.6 Å². The zero-order chi connectivity index (χ0) is 16.7. The van der Waals surface area contributed by atoms with Gasteiger partial charge in [0.2, 0.25) is 10.0 Å². The van der Waals surface area contributed by atoms with Gasteiger partial charge in [-0.1, -0.05) is 35.5 Å². The zero-order valence-corrected chi connectivity index (χ0v) is 13.3. The van der Waals surface area contributed by atoms with Crippen molar-refractivity contribution < 1.29 is 22.5 Å². The first-order valence-electron chi connectivity index (χ1n) is 6.83. The summed E-state index contributed by atoms with van der Waals surface area (Å²) < 4.78 is 35.5. The van der Waals surface area contributed by atoms with E-state index in [4.69, 9.17) is 9.26 Å². The number of rotatable bonds is 7. The Morgan fingerprint density at radius 2 is 2.04 bits per heavy atom. The summed E-state index contributed by atoms with van der Waals surface area (Å²) in [6, 6.07) is 10.6. The maximum absolute atomic E-state index is 11.8. The highest BCUT2D eigenvalue weighted by Crippen LogP contribution is 2.09. The quantitative estimate of drug-likeness (QED) is 0.793. The van der Waals surface area contributed by atoms with Crippen molar-refractivity contribution in [3.8, 4) is 0 Å². The molecule has 1 heterocycles. The highest BCUT2D eigenvalue weighted by Gasteiger charge is 2.13. The molecule has 0 aliphatic rings. The lowest BCUT2D eigenvalue weighted by Crippen LogP contribution is -2.31. The first kappa shape index (κ1) is 16.8. The lowest BCUT2D eigenvalue weighted by Gasteiger charge is -2.08. The van der Waals surface area contributed by atoms with Gasteiger partial charge >= 0.3 is 6.09 Å². The predicted molar refractivity (Wildman–Crippen MR) is 83.3 cm³/mol. The highest BCUT2D eigenvalue weighted by atomic mass is 32.2. The number of nitrogens with zero attached hydrogens (tertiary/aromatic N) is 1. The van der Waals surface area contributed by atoms with Crippen molar-refractivity contribution in [2.45, 2.75) is 13.5 Å². The molecule has 2 rings (SSSR count). The Morgan fingerprint density at radius 3 is 2.70 bits per heavy atom. The zero-order valence-electron chi connectivity index (χ0n) is 12.5. The van der Waals surface area contributed by atoms with Crippen LogP contribution in [0.5, 0.6) is 0 Å². The van der Waals surface area contributed by atoms with E-state index in [2.05, 4.69) is 15.2 Å². The molecular weight excluding hydrogens is 322 g/mol. The minimum absolute atomic E-state index is 0.0835. The number of anilines is 1. The summed E-state index contributed by atoms with van der Waals surface area (Å²) >= 11 is 0. The van der Waals surface area contributed by atoms with E-state index >= 15 is 0 Å². The normalized spacial score (nSPS) is 11.0. The fourth-order valence-corrected chi connectivity index (χ4v) is 2.57. The molecule has 2 N–H and O–H groups in total. The molecule has 0 spiro atoms. The summed E-state index contributed by atoms with van der Waals surface area (Å²) in [4.78, 5) is 11.5. The van der Waals surface area contributed by atoms with Crippen molar-refractivity contribution in [3.63, 3.8) is 0 Å². The van der Waals surface area contributed by atoms with Gasteiger partial charge in [0.15, 0.2) is 5.82 Å². The van der Waals surface area contributed by atoms with Crippen molar-refractivity contribution in [2.24, 2.45) is 0 Å². The van der Waals surface area contributed by atoms with Crippen LogP contribution in [0.3, 0.4) is 0 Å². The summed E-state index contributed by atoms with van der Waals surface area (Å²) in [5.74, 6) is 0.291. The van der Waals surface area contributed by atoms with Gasteiger partial charge in [-0.3, -0.25) is 4.72 Å². The number of aromatic nitrogens is 1. The molecule has 8 nitrogen and oxygen atoms in total. The molecule has 0 aliphatic heterocycles. The average molecular weight is 339 g/mol. The molecule has 0 bridgehead atoms. The van der Waals surface area contributed by atoms with Crippen molar-refractivity contribution in [3.05, 3.63) is 47.7 Å². The molecule has 0 saturated carbocycles. The van der Waals surface area contributed by atoms with Crippen molar-refractivity contribution in [1.82, 2.24) is 10.5 Å². The maximum Gasteiger partial charge on any atom is 0.407 e. The summed E-state index contributed by atoms with van der Waals surface area (Å²) in [6.07, 6.45) is -0.679. The first-order valence-corrected chi connectivity index (χ1v) is 8.48. The Labute approximate surface area is 133 Å². The Bertz CT molecular complexity index is 743. The van der Waals surface area contributed by atoms with E-state index in [1.54, 1.807) is 6.92 Å². The smallest absolute Gasteiger partial charge is 0.407 e. The summed E-state index contributed by atoms with van der Waals surface area (Å²) in [5.41, 5.74) is 0.846. The van der Waals surface area contributed by atoms with Gasteiger partial charge in [-0.2, -0.15) is 0 Å². The number of ether oxygens (including phenoxy) is 1. The van der Waals surface area contributed by atoms with Crippen molar-refractivity contribution in [2.75, 3.05) is 17.0 Å². The van der Waals surface area contributed by atoms with E-state index < -0.39 is 16.1 Å². The molecule has 23 heavy (non-hydrogen) atoms. The first-order chi connectivity index (χ1) is 10.9. The third kappa shape index (κ3) is 5.99. The number of hydrogen-bond acceptors (Lipinski definition) is 6. The van der Waals surface area contributed by atoms with E-state index in [-0.39, 0.29) is 24.7 Å². The van der Waals surface area contributed by atoms with E-state index in [0.29, 0.717) is 5.76 Å². The standard InChI is InChI=1S/C14H17N3O5S/c1-11-9-13(16-22-11)17-23(19,20)8-7-15-14(18)21-10-12-5-3-2-4-6-12/h2-6,9H,7-8,10H2,1H3,(H,15,18)(H,16,17). The molecular formula is C14H17N3O5S. The van der Waals surface area contributed by atoms with Gasteiger partial charge in [-0.15, -0.1) is 0 Å². The van der Waals surface area contributed by atoms with Crippen LogP contribution in [0.15, 0.2) is 40.9 Å². The average Bonchev–Trinajstić information content (AvgIpc) is 2.90. The Morgan fingerprint density at radius 1 is 1.30 bits per heavy atom. The Kier molecular flexibility index (Phi) is 5.58. The monoisotopic (exact) mass is 339 g/mol. The lowest BCUT2D eigenvalue weighted by atomic mass is 10.2. The number of alkyl carbamates (subject to hydrolysis) is 1. The molecule has 0 radical (unpaired) electrons. The largest absolute Gasteiger partial charge is 0.445 e. The van der Waals surface area contributed by atoms with E-state index in [1.807, 2.05) is 30.3 Å². The number of carbonyl (C=O) groups excluding carboxylic acids is 1. The third-order valence-corrected chi connectivity index (χ3v) is 4.00. The summed E-state index contributed by atoms with van der Waals surface area (Å²) in [5, 5.41) is 5.91. The molecule has 124 valence electrons. The summed E-state index contributed by atoms with van der Waals surface area (Å²) in [6.45, 7) is 1.69. The molecule has 9 heteroatoms. The molecule has 1 amide bonds. The molecule has 1 aromatic heterocycles. The van der Waals surface area contributed by atoms with Gasteiger partial charge in [0.05, 0.1) is 5.75 Å². The topological polar surface area (TPSA) is 111 Å². The molecule has 0 unspecified atom stereocenters. The van der Waals surface area contributed by atoms with Crippen LogP contribution in [0.2, 0.25) is 0 Å². The molecule has 0 atom stereocenters. The van der Waals surface area contributed by atoms with Gasteiger partial charge in [0.1, 0.15) is 12.4 Å². The summed E-state index contributed by atoms with van der Waals surface area (Å²) in [7, 11) is -3.63. The van der Waals surface area contributed by atoms with Crippen molar-refractivity contribution >= 4 is 21.9 Å². The second-order valence-electron chi connectivity index (χ2n) is 4.73. The minimum Gasteiger partial charge on any atom is -0.445 e. The van der Waals surface area contributed by atoms with Gasteiger partial charge < -0.3 is 14.6 Å². The van der Waals surface area contributed by atoms with Gasteiger partial charge in [0.25, 0.3) is 0 Å². The number of hydrogen-bond donors (Lipinski definition) is 2. The SMILES string of the molecule is Cc1cc(NS(=O)(=O)CCNC(=O)OCc2ccccc2)no1. The van der Waals surface area contributed by atoms with Crippen LogP contribution in [0, 0.1) is 6.92 Å². The second kappa shape index (κ2) is 7.63. The van der Waals surface area contributed by atoms with Crippen LogP contribution in [0.1, 0.15) is 11.3 Å². The van der Waals surface area contributed by atoms with Crippen LogP contribution in [-0.4, -0.2) is 32.0 Å². The van der Waals surface area contributed by atoms with Crippen LogP contribution >= 0.6 is 0 Å². The fraction of sp³-hybridized carbons (Fsp3) is 0.286. The molecule has 0 saturated heterocycles. The van der Waals surface area contributed by atoms with Gasteiger partial charge in [-0.25, -0.2) is 13.2 Å². The third-order valence-electron chi connectivity index (χ3n) is 2.74. The van der Waals surface area contributed by atoms with E-state index in [9.17, 15) is 13.2 Å². The number of sulfonamides is 1. The molecule has 2 aromatic rings. The number of nitrogens with one attached hydrogen (secondary N) is 2. The Balaban J connectivity index is 1.70. The predicted octanol–water partition coefficient (Wildman–Crippen LogP) is 1.65. The van der Waals surface area contributed by atoms with Crippen LogP contribution < -0.4 is 10.0 Å². The van der Waals surface area contributed by atoms with Crippen LogP contribution in [0.25, 0.3) is 0 Å². The Hall–Kier alpha value is -2.55. The molecule has 1 aromatic carbocycles. The van der Waals surface area contributed by atoms with E-state index in [1.165, 1.54) is 6.07 Å². The number of benzene rings is 1. The maximum atomic E-state index is 11.8. The lowest BCUT2D eigenvalue weighted by molar-refractivity contribution is 0.140. The number of amides is 1. The second-order valence-corrected chi connectivity index (χ2v) is 6.57. The van der Waals surface area contributed by atoms with E-state index in [0.717, 1.165) is 5.56 Å². The molecule has 0 fully saturated rings. The number of aryl methyl sites for hydroxylation is 1. The van der Waals surface area contributed by atoms with Crippen LogP contribution in [0.4, 0.5) is 10.6 Å². The minimum atomic E-state index is -3.63. The van der Waals surface area contributed by atoms with Crippen molar-refractivity contribution in [1.29, 1.82) is 0 Å². The van der Waals surface area contributed by atoms with Gasteiger partial charge in [-0.05, 0) is 12.5 Å². The van der Waals surface area contributed by atoms with Crippen LogP contribution in [-0.2, 0) is 21.4 Å². The molecule has 0 aliphatic carbocycles.